The minimum atomic E-state index is -0.541. The van der Waals surface area contributed by atoms with Crippen LogP contribution in [0.1, 0.15) is 27.3 Å². The van der Waals surface area contributed by atoms with E-state index in [1.54, 1.807) is 46.5 Å². The van der Waals surface area contributed by atoms with E-state index in [1.807, 2.05) is 6.07 Å². The fourth-order valence-electron chi connectivity index (χ4n) is 3.31. The molecule has 1 aromatic carbocycles. The van der Waals surface area contributed by atoms with Crippen LogP contribution in [0.4, 0.5) is 4.39 Å². The van der Waals surface area contributed by atoms with Gasteiger partial charge in [0.05, 0.1) is 5.56 Å². The Balaban J connectivity index is 1.43. The van der Waals surface area contributed by atoms with Gasteiger partial charge in [0.1, 0.15) is 5.82 Å². The molecule has 7 nitrogen and oxygen atoms in total. The van der Waals surface area contributed by atoms with Crippen LogP contribution in [0, 0.1) is 5.82 Å². The van der Waals surface area contributed by atoms with Crippen LogP contribution >= 0.6 is 0 Å². The second-order valence-electron chi connectivity index (χ2n) is 6.74. The molecule has 0 bridgehead atoms. The first kappa shape index (κ1) is 18.8. The average molecular weight is 394 g/mol. The molecule has 3 heterocycles. The van der Waals surface area contributed by atoms with E-state index in [-0.39, 0.29) is 23.1 Å². The van der Waals surface area contributed by atoms with Gasteiger partial charge >= 0.3 is 0 Å². The molecule has 8 heteroatoms. The van der Waals surface area contributed by atoms with E-state index < -0.39 is 5.82 Å². The molecule has 1 saturated heterocycles. The van der Waals surface area contributed by atoms with Crippen molar-refractivity contribution < 1.29 is 18.5 Å². The zero-order valence-electron chi connectivity index (χ0n) is 15.6. The Hall–Kier alpha value is -3.55. The lowest BCUT2D eigenvalue weighted by Gasteiger charge is -2.21. The van der Waals surface area contributed by atoms with Crippen molar-refractivity contribution in [1.29, 1.82) is 0 Å². The van der Waals surface area contributed by atoms with Gasteiger partial charge in [-0.2, -0.15) is 0 Å². The Labute approximate surface area is 166 Å². The second-order valence-corrected chi connectivity index (χ2v) is 6.74. The van der Waals surface area contributed by atoms with E-state index in [0.29, 0.717) is 38.4 Å². The number of hydrogen-bond donors (Lipinski definition) is 0. The Morgan fingerprint density at radius 3 is 2.45 bits per heavy atom. The fourth-order valence-corrected chi connectivity index (χ4v) is 3.31. The zero-order chi connectivity index (χ0) is 20.2. The molecule has 3 aromatic rings. The van der Waals surface area contributed by atoms with Gasteiger partial charge in [0.25, 0.3) is 11.8 Å². The predicted octanol–water partition coefficient (Wildman–Crippen LogP) is 2.86. The quantitative estimate of drug-likeness (QED) is 0.683. The van der Waals surface area contributed by atoms with Gasteiger partial charge in [-0.1, -0.05) is 17.3 Å². The van der Waals surface area contributed by atoms with Crippen molar-refractivity contribution in [2.75, 3.05) is 26.2 Å². The van der Waals surface area contributed by atoms with Crippen LogP contribution in [-0.2, 0) is 0 Å². The molecule has 1 aliphatic rings. The summed E-state index contributed by atoms with van der Waals surface area (Å²) in [6.45, 7) is 1.60. The van der Waals surface area contributed by atoms with Crippen molar-refractivity contribution in [1.82, 2.24) is 19.9 Å². The lowest BCUT2D eigenvalue weighted by atomic mass is 10.2. The Bertz CT molecular complexity index is 1020. The number of hydrogen-bond acceptors (Lipinski definition) is 5. The lowest BCUT2D eigenvalue weighted by molar-refractivity contribution is 0.0711. The molecule has 1 fully saturated rings. The highest BCUT2D eigenvalue weighted by atomic mass is 19.1. The molecule has 148 valence electrons. The number of aromatic nitrogens is 2. The third kappa shape index (κ3) is 4.01. The van der Waals surface area contributed by atoms with Gasteiger partial charge < -0.3 is 14.3 Å². The maximum absolute atomic E-state index is 13.9. The molecule has 0 radical (unpaired) electrons. The average Bonchev–Trinajstić information content (AvgIpc) is 3.12. The van der Waals surface area contributed by atoms with Crippen molar-refractivity contribution in [3.63, 3.8) is 0 Å². The summed E-state index contributed by atoms with van der Waals surface area (Å²) in [5.41, 5.74) is 0.985. The monoisotopic (exact) mass is 394 g/mol. The SMILES string of the molecule is O=C(c1cc(-c2cccnc2)on1)N1CCCN(C(=O)c2ccccc2F)CC1. The predicted molar refractivity (Wildman–Crippen MR) is 103 cm³/mol. The first-order valence-corrected chi connectivity index (χ1v) is 9.33. The van der Waals surface area contributed by atoms with Crippen LogP contribution in [0.5, 0.6) is 0 Å². The molecule has 2 amide bonds. The molecule has 0 atom stereocenters. The highest BCUT2D eigenvalue weighted by molar-refractivity contribution is 5.95. The number of carbonyl (C=O) groups is 2. The van der Waals surface area contributed by atoms with Gasteiger partial charge in [-0.15, -0.1) is 0 Å². The summed E-state index contributed by atoms with van der Waals surface area (Å²) in [5, 5.41) is 3.89. The van der Waals surface area contributed by atoms with Gasteiger partial charge in [-0.25, -0.2) is 4.39 Å². The third-order valence-electron chi connectivity index (χ3n) is 4.85. The van der Waals surface area contributed by atoms with Crippen LogP contribution < -0.4 is 0 Å². The van der Waals surface area contributed by atoms with Crippen LogP contribution in [-0.4, -0.2) is 57.9 Å². The molecule has 0 N–H and O–H groups in total. The summed E-state index contributed by atoms with van der Waals surface area (Å²) in [7, 11) is 0. The molecule has 0 unspecified atom stereocenters. The highest BCUT2D eigenvalue weighted by Gasteiger charge is 2.26. The van der Waals surface area contributed by atoms with Crippen LogP contribution in [0.3, 0.4) is 0 Å². The standard InChI is InChI=1S/C21H19FN4O3/c22-17-7-2-1-6-16(17)20(27)25-9-4-10-26(12-11-25)21(28)18-13-19(29-24-18)15-5-3-8-23-14-15/h1-3,5-8,13-14H,4,9-12H2. The van der Waals surface area contributed by atoms with E-state index in [0.717, 1.165) is 5.56 Å². The summed E-state index contributed by atoms with van der Waals surface area (Å²) in [5.74, 6) is -0.699. The zero-order valence-corrected chi connectivity index (χ0v) is 15.6. The third-order valence-corrected chi connectivity index (χ3v) is 4.85. The van der Waals surface area contributed by atoms with Gasteiger partial charge in [-0.05, 0) is 30.7 Å². The maximum atomic E-state index is 13.9. The van der Waals surface area contributed by atoms with E-state index in [9.17, 15) is 14.0 Å². The lowest BCUT2D eigenvalue weighted by Crippen LogP contribution is -2.37. The first-order chi connectivity index (χ1) is 14.1. The number of nitrogens with zero attached hydrogens (tertiary/aromatic N) is 4. The number of halogens is 1. The smallest absolute Gasteiger partial charge is 0.276 e. The van der Waals surface area contributed by atoms with E-state index >= 15 is 0 Å². The second kappa shape index (κ2) is 8.22. The topological polar surface area (TPSA) is 79.5 Å². The molecule has 4 rings (SSSR count). The van der Waals surface area contributed by atoms with Gasteiger partial charge in [-0.3, -0.25) is 14.6 Å². The van der Waals surface area contributed by atoms with Crippen molar-refractivity contribution in [2.45, 2.75) is 6.42 Å². The minimum Gasteiger partial charge on any atom is -0.355 e. The molecular formula is C21H19FN4O3. The number of benzene rings is 1. The fraction of sp³-hybridized carbons (Fsp3) is 0.238. The number of rotatable bonds is 3. The van der Waals surface area contributed by atoms with Crippen LogP contribution in [0.15, 0.2) is 59.4 Å². The summed E-state index contributed by atoms with van der Waals surface area (Å²) in [6.07, 6.45) is 3.88. The first-order valence-electron chi connectivity index (χ1n) is 9.33. The summed E-state index contributed by atoms with van der Waals surface area (Å²) >= 11 is 0. The number of amides is 2. The molecule has 0 aliphatic carbocycles. The van der Waals surface area contributed by atoms with Crippen molar-refractivity contribution >= 4 is 11.8 Å². The van der Waals surface area contributed by atoms with Gasteiger partial charge in [0.2, 0.25) is 0 Å². The van der Waals surface area contributed by atoms with Crippen LogP contribution in [0.25, 0.3) is 11.3 Å². The maximum Gasteiger partial charge on any atom is 0.276 e. The normalized spacial score (nSPS) is 14.5. The molecule has 2 aromatic heterocycles. The van der Waals surface area contributed by atoms with E-state index in [2.05, 4.69) is 10.1 Å². The van der Waals surface area contributed by atoms with Crippen molar-refractivity contribution in [3.05, 3.63) is 71.9 Å². The summed E-state index contributed by atoms with van der Waals surface area (Å²) in [6, 6.07) is 11.1. The highest BCUT2D eigenvalue weighted by Crippen LogP contribution is 2.20. The molecule has 0 saturated carbocycles. The largest absolute Gasteiger partial charge is 0.355 e. The number of carbonyl (C=O) groups excluding carboxylic acids is 2. The molecule has 0 spiro atoms. The van der Waals surface area contributed by atoms with Gasteiger partial charge in [0, 0.05) is 50.2 Å². The minimum absolute atomic E-state index is 0.0462. The number of pyridine rings is 1. The molecular weight excluding hydrogens is 375 g/mol. The Morgan fingerprint density at radius 1 is 0.966 bits per heavy atom. The van der Waals surface area contributed by atoms with Crippen LogP contribution in [0.2, 0.25) is 0 Å². The van der Waals surface area contributed by atoms with Gasteiger partial charge in [0.15, 0.2) is 11.5 Å². The van der Waals surface area contributed by atoms with E-state index in [4.69, 9.17) is 4.52 Å². The summed E-state index contributed by atoms with van der Waals surface area (Å²) < 4.78 is 19.2. The van der Waals surface area contributed by atoms with E-state index in [1.165, 1.54) is 12.1 Å². The Morgan fingerprint density at radius 2 is 1.72 bits per heavy atom. The summed E-state index contributed by atoms with van der Waals surface area (Å²) in [4.78, 5) is 32.7. The molecule has 29 heavy (non-hydrogen) atoms. The van der Waals surface area contributed by atoms with Crippen molar-refractivity contribution in [2.24, 2.45) is 0 Å². The Kier molecular flexibility index (Phi) is 5.33. The molecule has 1 aliphatic heterocycles. The van der Waals surface area contributed by atoms with Crippen molar-refractivity contribution in [3.8, 4) is 11.3 Å².